The lowest BCUT2D eigenvalue weighted by Gasteiger charge is -2.30. The van der Waals surface area contributed by atoms with Crippen molar-refractivity contribution in [1.82, 2.24) is 20.4 Å². The van der Waals surface area contributed by atoms with Gasteiger partial charge < -0.3 is 20.4 Å². The number of piperazine rings is 1. The van der Waals surface area contributed by atoms with Crippen LogP contribution < -0.4 is 10.6 Å². The normalized spacial score (nSPS) is 22.5. The monoisotopic (exact) mass is 268 g/mol. The second-order valence-corrected chi connectivity index (χ2v) is 5.85. The van der Waals surface area contributed by atoms with Crippen LogP contribution in [-0.2, 0) is 0 Å². The number of carbonyl (C=O) groups is 1. The zero-order chi connectivity index (χ0) is 13.5. The Hall–Kier alpha value is -0.810. The van der Waals surface area contributed by atoms with Gasteiger partial charge in [-0.25, -0.2) is 4.79 Å². The SMILES string of the molecule is CC1CCN(C(=O)NCCCN2CCNCC2)CC1. The van der Waals surface area contributed by atoms with Crippen LogP contribution in [0.4, 0.5) is 4.79 Å². The summed E-state index contributed by atoms with van der Waals surface area (Å²) in [6.45, 7) is 10.5. The fraction of sp³-hybridized carbons (Fsp3) is 0.929. The quantitative estimate of drug-likeness (QED) is 0.739. The maximum absolute atomic E-state index is 11.9. The minimum atomic E-state index is 0.132. The highest BCUT2D eigenvalue weighted by atomic mass is 16.2. The molecule has 2 N–H and O–H groups in total. The molecule has 0 radical (unpaired) electrons. The van der Waals surface area contributed by atoms with Crippen LogP contribution in [0.5, 0.6) is 0 Å². The van der Waals surface area contributed by atoms with Gasteiger partial charge in [0.1, 0.15) is 0 Å². The molecular formula is C14H28N4O. The molecule has 2 amide bonds. The minimum absolute atomic E-state index is 0.132. The van der Waals surface area contributed by atoms with Gasteiger partial charge in [0.05, 0.1) is 0 Å². The van der Waals surface area contributed by atoms with Crippen molar-refractivity contribution < 1.29 is 4.79 Å². The first-order chi connectivity index (χ1) is 9.25. The lowest BCUT2D eigenvalue weighted by Crippen LogP contribution is -2.46. The second kappa shape index (κ2) is 7.70. The Bertz CT molecular complexity index is 271. The molecule has 2 heterocycles. The highest BCUT2D eigenvalue weighted by molar-refractivity contribution is 5.74. The molecule has 0 spiro atoms. The number of nitrogens with zero attached hydrogens (tertiary/aromatic N) is 2. The van der Waals surface area contributed by atoms with Crippen molar-refractivity contribution in [3.05, 3.63) is 0 Å². The molecule has 110 valence electrons. The Balaban J connectivity index is 1.53. The van der Waals surface area contributed by atoms with Crippen LogP contribution in [-0.4, -0.2) is 68.2 Å². The highest BCUT2D eigenvalue weighted by Gasteiger charge is 2.19. The molecule has 0 saturated carbocycles. The number of rotatable bonds is 4. The van der Waals surface area contributed by atoms with Gasteiger partial charge in [-0.1, -0.05) is 6.92 Å². The molecule has 2 saturated heterocycles. The standard InChI is InChI=1S/C14H28N4O/c1-13-3-9-18(10-4-13)14(19)16-5-2-8-17-11-6-15-7-12-17/h13,15H,2-12H2,1H3,(H,16,19). The number of likely N-dealkylation sites (tertiary alicyclic amines) is 1. The summed E-state index contributed by atoms with van der Waals surface area (Å²) in [5.74, 6) is 0.775. The summed E-state index contributed by atoms with van der Waals surface area (Å²) >= 11 is 0. The van der Waals surface area contributed by atoms with Crippen LogP contribution in [0.2, 0.25) is 0 Å². The first-order valence-electron chi connectivity index (χ1n) is 7.71. The van der Waals surface area contributed by atoms with E-state index in [1.165, 1.54) is 0 Å². The Morgan fingerprint density at radius 2 is 1.89 bits per heavy atom. The van der Waals surface area contributed by atoms with E-state index < -0.39 is 0 Å². The Labute approximate surface area is 116 Å². The summed E-state index contributed by atoms with van der Waals surface area (Å²) in [4.78, 5) is 16.4. The van der Waals surface area contributed by atoms with Gasteiger partial charge in [-0.05, 0) is 31.7 Å². The van der Waals surface area contributed by atoms with Gasteiger partial charge in [0.15, 0.2) is 0 Å². The van der Waals surface area contributed by atoms with Crippen LogP contribution in [0.3, 0.4) is 0 Å². The molecule has 19 heavy (non-hydrogen) atoms. The second-order valence-electron chi connectivity index (χ2n) is 5.85. The molecule has 2 aliphatic heterocycles. The zero-order valence-corrected chi connectivity index (χ0v) is 12.2. The summed E-state index contributed by atoms with van der Waals surface area (Å²) in [6, 6.07) is 0.132. The molecule has 2 aliphatic rings. The van der Waals surface area contributed by atoms with Crippen LogP contribution in [0.1, 0.15) is 26.2 Å². The van der Waals surface area contributed by atoms with E-state index in [-0.39, 0.29) is 6.03 Å². The Morgan fingerprint density at radius 3 is 2.58 bits per heavy atom. The highest BCUT2D eigenvalue weighted by Crippen LogP contribution is 2.15. The zero-order valence-electron chi connectivity index (χ0n) is 12.2. The number of nitrogens with one attached hydrogen (secondary N) is 2. The van der Waals surface area contributed by atoms with Crippen LogP contribution in [0.25, 0.3) is 0 Å². The van der Waals surface area contributed by atoms with Gasteiger partial charge in [0.25, 0.3) is 0 Å². The van der Waals surface area contributed by atoms with E-state index >= 15 is 0 Å². The van der Waals surface area contributed by atoms with E-state index in [9.17, 15) is 4.79 Å². The molecule has 0 bridgehead atoms. The predicted octanol–water partition coefficient (Wildman–Crippen LogP) is 0.723. The van der Waals surface area contributed by atoms with E-state index in [0.717, 1.165) is 77.5 Å². The maximum Gasteiger partial charge on any atom is 0.317 e. The van der Waals surface area contributed by atoms with Crippen LogP contribution in [0.15, 0.2) is 0 Å². The fourth-order valence-corrected chi connectivity index (χ4v) is 2.76. The lowest BCUT2D eigenvalue weighted by atomic mass is 10.00. The number of hydrogen-bond donors (Lipinski definition) is 2. The van der Waals surface area contributed by atoms with Crippen molar-refractivity contribution in [3.63, 3.8) is 0 Å². The first kappa shape index (κ1) is 14.6. The van der Waals surface area contributed by atoms with Crippen molar-refractivity contribution in [2.75, 3.05) is 52.4 Å². The van der Waals surface area contributed by atoms with Gasteiger partial charge in [0.2, 0.25) is 0 Å². The first-order valence-corrected chi connectivity index (χ1v) is 7.71. The third-order valence-electron chi connectivity index (χ3n) is 4.21. The molecule has 5 heteroatoms. The van der Waals surface area contributed by atoms with Crippen molar-refractivity contribution in [2.45, 2.75) is 26.2 Å². The van der Waals surface area contributed by atoms with Crippen molar-refractivity contribution >= 4 is 6.03 Å². The summed E-state index contributed by atoms with van der Waals surface area (Å²) in [5, 5.41) is 6.40. The van der Waals surface area contributed by atoms with Gasteiger partial charge in [0, 0.05) is 45.8 Å². The van der Waals surface area contributed by atoms with E-state index in [1.807, 2.05) is 4.90 Å². The minimum Gasteiger partial charge on any atom is -0.338 e. The van der Waals surface area contributed by atoms with E-state index in [4.69, 9.17) is 0 Å². The van der Waals surface area contributed by atoms with Crippen molar-refractivity contribution in [3.8, 4) is 0 Å². The number of carbonyl (C=O) groups excluding carboxylic acids is 1. The molecule has 2 rings (SSSR count). The average Bonchev–Trinajstić information content (AvgIpc) is 2.45. The molecule has 0 aromatic heterocycles. The third kappa shape index (κ3) is 4.99. The fourth-order valence-electron chi connectivity index (χ4n) is 2.76. The molecule has 5 nitrogen and oxygen atoms in total. The lowest BCUT2D eigenvalue weighted by molar-refractivity contribution is 0.173. The molecule has 0 aliphatic carbocycles. The summed E-state index contributed by atoms with van der Waals surface area (Å²) in [7, 11) is 0. The Kier molecular flexibility index (Phi) is 5.92. The molecule has 0 atom stereocenters. The van der Waals surface area contributed by atoms with Gasteiger partial charge in [-0.15, -0.1) is 0 Å². The predicted molar refractivity (Wildman–Crippen MR) is 77.3 cm³/mol. The summed E-state index contributed by atoms with van der Waals surface area (Å²) in [5.41, 5.74) is 0. The summed E-state index contributed by atoms with van der Waals surface area (Å²) < 4.78 is 0. The van der Waals surface area contributed by atoms with Crippen molar-refractivity contribution in [1.29, 1.82) is 0 Å². The van der Waals surface area contributed by atoms with E-state index in [0.29, 0.717) is 0 Å². The van der Waals surface area contributed by atoms with E-state index in [2.05, 4.69) is 22.5 Å². The summed E-state index contributed by atoms with van der Waals surface area (Å²) in [6.07, 6.45) is 3.35. The number of urea groups is 1. The average molecular weight is 268 g/mol. The number of piperidine rings is 1. The molecule has 0 aromatic carbocycles. The molecule has 0 aromatic rings. The largest absolute Gasteiger partial charge is 0.338 e. The third-order valence-corrected chi connectivity index (χ3v) is 4.21. The van der Waals surface area contributed by atoms with Crippen LogP contribution in [0, 0.1) is 5.92 Å². The maximum atomic E-state index is 11.9. The van der Waals surface area contributed by atoms with E-state index in [1.54, 1.807) is 0 Å². The van der Waals surface area contributed by atoms with Gasteiger partial charge in [-0.2, -0.15) is 0 Å². The molecular weight excluding hydrogens is 240 g/mol. The smallest absolute Gasteiger partial charge is 0.317 e. The molecule has 2 fully saturated rings. The topological polar surface area (TPSA) is 47.6 Å². The van der Waals surface area contributed by atoms with Crippen LogP contribution >= 0.6 is 0 Å². The number of hydrogen-bond acceptors (Lipinski definition) is 3. The van der Waals surface area contributed by atoms with Gasteiger partial charge >= 0.3 is 6.03 Å². The van der Waals surface area contributed by atoms with Gasteiger partial charge in [-0.3, -0.25) is 0 Å². The Morgan fingerprint density at radius 1 is 1.21 bits per heavy atom. The molecule has 0 unspecified atom stereocenters. The number of amides is 2. The van der Waals surface area contributed by atoms with Crippen molar-refractivity contribution in [2.24, 2.45) is 5.92 Å².